The van der Waals surface area contributed by atoms with Crippen LogP contribution >= 0.6 is 0 Å². The van der Waals surface area contributed by atoms with Crippen molar-refractivity contribution < 1.29 is 119 Å². The van der Waals surface area contributed by atoms with E-state index >= 15 is 0 Å². The minimum Gasteiger partial charge on any atom is -0.479 e. The van der Waals surface area contributed by atoms with Crippen molar-refractivity contribution >= 4 is 11.8 Å². The number of ketones is 1. The zero-order valence-electron chi connectivity index (χ0n) is 44.8. The van der Waals surface area contributed by atoms with Crippen LogP contribution in [0.1, 0.15) is 106 Å². The summed E-state index contributed by atoms with van der Waals surface area (Å²) in [5, 5.41) is 153. The number of aliphatic carboxylic acids is 1. The molecule has 4 aliphatic heterocycles. The van der Waals surface area contributed by atoms with Gasteiger partial charge in [0.1, 0.15) is 97.3 Å². The maximum absolute atomic E-state index is 14.2. The first-order valence-electron chi connectivity index (χ1n) is 27.3. The summed E-state index contributed by atoms with van der Waals surface area (Å²) in [6.45, 7) is 12.5. The standard InChI is InChI=1S/C53H84O24/c1-48(2)13-10-21-22(57)16-52(7)28(53(21,69)20-48)9-8-27-50(5)14-12-29(49(3,4)26(50)11-15-51(27,52)6)73-47-42(35(63)34(62)40(75-47)43(67)68)77-45-38(66)36(64)39(25(19-56)72-45)74-46-41(33(61)31(59)24(18-55)71-46)76-44-37(65)32(60)30(58)23(17-54)70-44/h9,21,23-27,29-42,44-47,54-56,58-66,69H,8,10-20H2,1-7H3,(H,67,68)/t21-,23-,24+,25-,26-,27+,29-,30-,31-,32-,33-,34-,35+,36-,37-,38-,39+,40-,41+,42-,44+,45+,46+,47-,50+,51-,52-,53+/m1/s1. The summed E-state index contributed by atoms with van der Waals surface area (Å²) in [5.74, 6) is -1.83. The number of carboxylic acids is 1. The summed E-state index contributed by atoms with van der Waals surface area (Å²) in [7, 11) is 0. The first-order chi connectivity index (χ1) is 35.9. The van der Waals surface area contributed by atoms with Crippen molar-refractivity contribution in [2.75, 3.05) is 19.8 Å². The predicted octanol–water partition coefficient (Wildman–Crippen LogP) is -2.54. The molecule has 5 aliphatic carbocycles. The van der Waals surface area contributed by atoms with Crippen LogP contribution in [0.4, 0.5) is 0 Å². The molecule has 4 saturated carbocycles. The number of hydrogen-bond donors (Lipinski definition) is 14. The van der Waals surface area contributed by atoms with Crippen LogP contribution < -0.4 is 0 Å². The van der Waals surface area contributed by atoms with Crippen molar-refractivity contribution in [1.82, 2.24) is 0 Å². The normalized spacial score (nSPS) is 53.5. The number of hydrogen-bond acceptors (Lipinski definition) is 23. The zero-order chi connectivity index (χ0) is 56.4. The van der Waals surface area contributed by atoms with Crippen LogP contribution in [0.3, 0.4) is 0 Å². The van der Waals surface area contributed by atoms with Gasteiger partial charge in [-0.1, -0.05) is 54.5 Å². The van der Waals surface area contributed by atoms with Gasteiger partial charge in [0.2, 0.25) is 0 Å². The number of aliphatic hydroxyl groups excluding tert-OH is 12. The molecule has 24 heteroatoms. The number of carbonyl (C=O) groups is 2. The van der Waals surface area contributed by atoms with E-state index in [0.29, 0.717) is 38.5 Å². The van der Waals surface area contributed by atoms with Gasteiger partial charge in [0.15, 0.2) is 31.3 Å². The summed E-state index contributed by atoms with van der Waals surface area (Å²) >= 11 is 0. The van der Waals surface area contributed by atoms with Crippen LogP contribution in [-0.4, -0.2) is 238 Å². The van der Waals surface area contributed by atoms with Gasteiger partial charge in [0.05, 0.1) is 37.4 Å². The van der Waals surface area contributed by atoms with E-state index in [1.165, 1.54) is 0 Å². The van der Waals surface area contributed by atoms with Crippen molar-refractivity contribution in [2.45, 2.75) is 241 Å². The topological polar surface area (TPSA) is 391 Å². The highest BCUT2D eigenvalue weighted by Gasteiger charge is 2.71. The highest BCUT2D eigenvalue weighted by Crippen LogP contribution is 2.75. The molecule has 0 unspecified atom stereocenters. The number of carbonyl (C=O) groups excluding carboxylic acids is 1. The third kappa shape index (κ3) is 9.70. The molecule has 4 saturated heterocycles. The third-order valence-corrected chi connectivity index (χ3v) is 20.7. The van der Waals surface area contributed by atoms with E-state index in [1.54, 1.807) is 0 Å². The van der Waals surface area contributed by atoms with Crippen molar-refractivity contribution in [2.24, 2.45) is 44.8 Å². The Hall–Kier alpha value is -1.96. The lowest BCUT2D eigenvalue weighted by Crippen LogP contribution is -2.69. The van der Waals surface area contributed by atoms with Gasteiger partial charge in [-0.2, -0.15) is 0 Å². The molecule has 9 rings (SSSR count). The molecule has 0 amide bonds. The molecule has 0 aromatic carbocycles. The van der Waals surface area contributed by atoms with Crippen molar-refractivity contribution in [1.29, 1.82) is 0 Å². The Bertz CT molecular complexity index is 2180. The largest absolute Gasteiger partial charge is 0.479 e. The van der Waals surface area contributed by atoms with E-state index in [0.717, 1.165) is 24.8 Å². The van der Waals surface area contributed by atoms with Gasteiger partial charge in [-0.15, -0.1) is 0 Å². The summed E-state index contributed by atoms with van der Waals surface area (Å²) < 4.78 is 47.5. The zero-order valence-corrected chi connectivity index (χ0v) is 44.8. The first-order valence-corrected chi connectivity index (χ1v) is 27.3. The minimum atomic E-state index is -2.14. The van der Waals surface area contributed by atoms with Gasteiger partial charge in [-0.25, -0.2) is 4.79 Å². The molecule has 14 N–H and O–H groups in total. The van der Waals surface area contributed by atoms with Gasteiger partial charge in [0.25, 0.3) is 0 Å². The number of rotatable bonds is 12. The van der Waals surface area contributed by atoms with Gasteiger partial charge in [0, 0.05) is 11.8 Å². The molecule has 0 spiro atoms. The Balaban J connectivity index is 0.933. The van der Waals surface area contributed by atoms with Gasteiger partial charge in [-0.05, 0) is 90.4 Å². The Labute approximate surface area is 446 Å². The van der Waals surface area contributed by atoms with E-state index in [1.807, 2.05) is 0 Å². The number of allylic oxidation sites excluding steroid dienone is 1. The lowest BCUT2D eigenvalue weighted by atomic mass is 9.34. The second-order valence-corrected chi connectivity index (χ2v) is 25.9. The Morgan fingerprint density at radius 2 is 1.10 bits per heavy atom. The Morgan fingerprint density at radius 3 is 1.70 bits per heavy atom. The molecule has 8 fully saturated rings. The molecule has 0 radical (unpaired) electrons. The number of carboxylic acid groups (broad SMARTS) is 1. The molecule has 440 valence electrons. The van der Waals surface area contributed by atoms with Gasteiger partial charge in [-0.3, -0.25) is 4.79 Å². The quantitative estimate of drug-likeness (QED) is 0.0707. The number of fused-ring (bicyclic) bond motifs is 7. The molecule has 0 aromatic rings. The van der Waals surface area contributed by atoms with Crippen LogP contribution in [0, 0.1) is 44.8 Å². The molecule has 0 aromatic heterocycles. The SMILES string of the molecule is CC1(C)CC[C@@H]2C(=O)C[C@]3(C)C(=CC[C@H]4[C@@]5(C)CC[C@@H](O[C@@H]6O[C@@H](C(=O)O)[C@H](O)[C@H](O)[C@H]6O[C@@H]6O[C@H](CO)[C@H](O[C@@H]7O[C@@H](CO)[C@@H](O)[C@@H](O)[C@@H]7O[C@@H]7O[C@H](CO)[C@@H](O)[C@@H](O)[C@H]7O)[C@H](O)[C@H]6O)C(C)(C)[C@H]5CC[C@]43C)[C@]2(O)C1. The maximum Gasteiger partial charge on any atom is 0.335 e. The summed E-state index contributed by atoms with van der Waals surface area (Å²) in [6.07, 6.45) is -30.7. The van der Waals surface area contributed by atoms with Gasteiger partial charge < -0.3 is 109 Å². The fraction of sp³-hybridized carbons (Fsp3) is 0.925. The average Bonchev–Trinajstić information content (AvgIpc) is 3.54. The van der Waals surface area contributed by atoms with Crippen LogP contribution in [-0.2, 0) is 47.5 Å². The number of ether oxygens (including phenoxy) is 8. The summed E-state index contributed by atoms with van der Waals surface area (Å²) in [4.78, 5) is 26.7. The fourth-order valence-electron chi connectivity index (χ4n) is 16.3. The molecule has 9 aliphatic rings. The second-order valence-electron chi connectivity index (χ2n) is 25.9. The smallest absolute Gasteiger partial charge is 0.335 e. The highest BCUT2D eigenvalue weighted by molar-refractivity contribution is 5.86. The Morgan fingerprint density at radius 1 is 0.584 bits per heavy atom. The summed E-state index contributed by atoms with van der Waals surface area (Å²) in [6, 6.07) is 0. The lowest BCUT2D eigenvalue weighted by molar-refractivity contribution is -0.399. The molecule has 4 heterocycles. The fourth-order valence-corrected chi connectivity index (χ4v) is 16.3. The van der Waals surface area contributed by atoms with Crippen molar-refractivity contribution in [3.63, 3.8) is 0 Å². The molecule has 24 nitrogen and oxygen atoms in total. The van der Waals surface area contributed by atoms with Gasteiger partial charge >= 0.3 is 5.97 Å². The number of Topliss-reactive ketones (excluding diaryl/α,β-unsaturated/α-hetero) is 1. The van der Waals surface area contributed by atoms with Crippen LogP contribution in [0.15, 0.2) is 11.6 Å². The summed E-state index contributed by atoms with van der Waals surface area (Å²) in [5.41, 5.74) is -2.27. The molecular weight excluding hydrogens is 1020 g/mol. The minimum absolute atomic E-state index is 0.00358. The molecule has 77 heavy (non-hydrogen) atoms. The molecule has 28 atom stereocenters. The maximum atomic E-state index is 14.2. The lowest BCUT2D eigenvalue weighted by Gasteiger charge is -2.71. The third-order valence-electron chi connectivity index (χ3n) is 20.7. The monoisotopic (exact) mass is 1100 g/mol. The van der Waals surface area contributed by atoms with Crippen LogP contribution in [0.5, 0.6) is 0 Å². The van der Waals surface area contributed by atoms with E-state index in [-0.39, 0.29) is 33.9 Å². The van der Waals surface area contributed by atoms with Crippen LogP contribution in [0.25, 0.3) is 0 Å². The van der Waals surface area contributed by atoms with E-state index in [9.17, 15) is 81.1 Å². The Kier molecular flexibility index (Phi) is 16.5. The number of aliphatic hydroxyl groups is 13. The first kappa shape index (κ1) is 59.7. The van der Waals surface area contributed by atoms with Crippen LogP contribution in [0.2, 0.25) is 0 Å². The predicted molar refractivity (Wildman–Crippen MR) is 259 cm³/mol. The van der Waals surface area contributed by atoms with Crippen molar-refractivity contribution in [3.8, 4) is 0 Å². The van der Waals surface area contributed by atoms with E-state index in [4.69, 9.17) is 37.9 Å². The van der Waals surface area contributed by atoms with E-state index in [2.05, 4.69) is 54.5 Å². The molecule has 0 bridgehead atoms. The average molecular weight is 1110 g/mol. The van der Waals surface area contributed by atoms with Crippen molar-refractivity contribution in [3.05, 3.63) is 11.6 Å². The van der Waals surface area contributed by atoms with E-state index < -0.39 is 177 Å². The molecular formula is C53H84O24. The second kappa shape index (κ2) is 21.3. The highest BCUT2D eigenvalue weighted by atomic mass is 16.8.